The average molecular weight is 290 g/mol. The molecule has 0 bridgehead atoms. The standard InChI is InChI=1S/C17H26N2O2/c1-13(2)12-19(8-9-21-3)17(20)16-10-14-6-4-5-7-15(14)11-18-16/h4-7,13,16,18H,8-12H2,1-3H3. The van der Waals surface area contributed by atoms with E-state index in [1.807, 2.05) is 17.0 Å². The number of rotatable bonds is 6. The summed E-state index contributed by atoms with van der Waals surface area (Å²) in [5.74, 6) is 0.650. The number of fused-ring (bicyclic) bond motifs is 1. The van der Waals surface area contributed by atoms with Gasteiger partial charge in [0.15, 0.2) is 0 Å². The number of hydrogen-bond donors (Lipinski definition) is 1. The molecule has 1 amide bonds. The summed E-state index contributed by atoms with van der Waals surface area (Å²) in [6.45, 7) is 7.07. The number of methoxy groups -OCH3 is 1. The van der Waals surface area contributed by atoms with Crippen LogP contribution in [0.1, 0.15) is 25.0 Å². The molecule has 0 saturated carbocycles. The highest BCUT2D eigenvalue weighted by Crippen LogP contribution is 2.17. The first-order valence-corrected chi connectivity index (χ1v) is 7.69. The molecule has 1 aliphatic rings. The summed E-state index contributed by atoms with van der Waals surface area (Å²) < 4.78 is 5.13. The molecule has 116 valence electrons. The zero-order valence-electron chi connectivity index (χ0n) is 13.3. The molecule has 21 heavy (non-hydrogen) atoms. The molecule has 0 radical (unpaired) electrons. The van der Waals surface area contributed by atoms with Gasteiger partial charge in [-0.25, -0.2) is 0 Å². The van der Waals surface area contributed by atoms with Crippen LogP contribution in [-0.4, -0.2) is 43.7 Å². The smallest absolute Gasteiger partial charge is 0.240 e. The second-order valence-electron chi connectivity index (χ2n) is 6.08. The Labute approximate surface area is 127 Å². The van der Waals surface area contributed by atoms with Gasteiger partial charge in [0.25, 0.3) is 0 Å². The van der Waals surface area contributed by atoms with Gasteiger partial charge in [0, 0.05) is 26.7 Å². The first-order chi connectivity index (χ1) is 10.1. The normalized spacial score (nSPS) is 17.6. The van der Waals surface area contributed by atoms with Crippen molar-refractivity contribution in [3.63, 3.8) is 0 Å². The molecule has 1 heterocycles. The van der Waals surface area contributed by atoms with Crippen molar-refractivity contribution >= 4 is 5.91 Å². The van der Waals surface area contributed by atoms with Gasteiger partial charge in [0.2, 0.25) is 5.91 Å². The van der Waals surface area contributed by atoms with Gasteiger partial charge in [-0.2, -0.15) is 0 Å². The van der Waals surface area contributed by atoms with Gasteiger partial charge in [-0.1, -0.05) is 38.1 Å². The molecule has 0 fully saturated rings. The van der Waals surface area contributed by atoms with Crippen molar-refractivity contribution < 1.29 is 9.53 Å². The van der Waals surface area contributed by atoms with E-state index in [-0.39, 0.29) is 11.9 Å². The van der Waals surface area contributed by atoms with Gasteiger partial charge in [-0.15, -0.1) is 0 Å². The number of amides is 1. The molecule has 2 rings (SSSR count). The molecule has 1 aromatic carbocycles. The fourth-order valence-corrected chi connectivity index (χ4v) is 2.78. The topological polar surface area (TPSA) is 41.6 Å². The third-order valence-electron chi connectivity index (χ3n) is 3.84. The lowest BCUT2D eigenvalue weighted by Gasteiger charge is -2.32. The van der Waals surface area contributed by atoms with Gasteiger partial charge in [-0.3, -0.25) is 4.79 Å². The summed E-state index contributed by atoms with van der Waals surface area (Å²) in [5.41, 5.74) is 2.58. The maximum absolute atomic E-state index is 12.8. The van der Waals surface area contributed by atoms with E-state index in [0.717, 1.165) is 19.5 Å². The van der Waals surface area contributed by atoms with Gasteiger partial charge in [0.1, 0.15) is 0 Å². The third kappa shape index (κ3) is 4.29. The van der Waals surface area contributed by atoms with E-state index in [2.05, 4.69) is 31.3 Å². The lowest BCUT2D eigenvalue weighted by molar-refractivity contribution is -0.134. The van der Waals surface area contributed by atoms with Crippen molar-refractivity contribution in [2.24, 2.45) is 5.92 Å². The van der Waals surface area contributed by atoms with Gasteiger partial charge in [0.05, 0.1) is 12.6 Å². The predicted octanol–water partition coefficient (Wildman–Crippen LogP) is 1.83. The van der Waals surface area contributed by atoms with Crippen LogP contribution in [0.15, 0.2) is 24.3 Å². The Bertz CT molecular complexity index is 474. The highest BCUT2D eigenvalue weighted by molar-refractivity contribution is 5.82. The Balaban J connectivity index is 2.03. The molecule has 1 aliphatic heterocycles. The molecule has 4 heteroatoms. The van der Waals surface area contributed by atoms with E-state index in [1.54, 1.807) is 7.11 Å². The molecule has 1 unspecified atom stereocenters. The zero-order valence-corrected chi connectivity index (χ0v) is 13.3. The summed E-state index contributed by atoms with van der Waals surface area (Å²) in [7, 11) is 1.67. The number of nitrogens with one attached hydrogen (secondary N) is 1. The summed E-state index contributed by atoms with van der Waals surface area (Å²) in [5, 5.41) is 3.37. The average Bonchev–Trinajstić information content (AvgIpc) is 2.50. The first-order valence-electron chi connectivity index (χ1n) is 7.69. The minimum absolute atomic E-state index is 0.115. The minimum atomic E-state index is -0.115. The van der Waals surface area contributed by atoms with Gasteiger partial charge >= 0.3 is 0 Å². The Morgan fingerprint density at radius 1 is 1.38 bits per heavy atom. The SMILES string of the molecule is COCCN(CC(C)C)C(=O)C1Cc2ccccc2CN1. The number of nitrogens with zero attached hydrogens (tertiary/aromatic N) is 1. The summed E-state index contributed by atoms with van der Waals surface area (Å²) in [6, 6.07) is 8.23. The zero-order chi connectivity index (χ0) is 15.2. The van der Waals surface area contributed by atoms with E-state index in [0.29, 0.717) is 19.1 Å². The maximum atomic E-state index is 12.8. The number of benzene rings is 1. The van der Waals surface area contributed by atoms with E-state index in [4.69, 9.17) is 4.74 Å². The first kappa shape index (κ1) is 16.0. The largest absolute Gasteiger partial charge is 0.383 e. The molecule has 4 nitrogen and oxygen atoms in total. The van der Waals surface area contributed by atoms with Gasteiger partial charge < -0.3 is 15.0 Å². The quantitative estimate of drug-likeness (QED) is 0.869. The highest BCUT2D eigenvalue weighted by Gasteiger charge is 2.28. The number of carbonyl (C=O) groups excluding carboxylic acids is 1. The fourth-order valence-electron chi connectivity index (χ4n) is 2.78. The Morgan fingerprint density at radius 3 is 2.76 bits per heavy atom. The highest BCUT2D eigenvalue weighted by atomic mass is 16.5. The van der Waals surface area contributed by atoms with Crippen molar-refractivity contribution in [1.82, 2.24) is 10.2 Å². The molecule has 0 aromatic heterocycles. The van der Waals surface area contributed by atoms with Crippen LogP contribution >= 0.6 is 0 Å². The molecule has 0 aliphatic carbocycles. The van der Waals surface area contributed by atoms with Crippen LogP contribution in [0, 0.1) is 5.92 Å². The Kier molecular flexibility index (Phi) is 5.76. The summed E-state index contributed by atoms with van der Waals surface area (Å²) in [6.07, 6.45) is 0.774. The van der Waals surface area contributed by atoms with Crippen LogP contribution < -0.4 is 5.32 Å². The van der Waals surface area contributed by atoms with Gasteiger partial charge in [-0.05, 0) is 23.5 Å². The van der Waals surface area contributed by atoms with E-state index < -0.39 is 0 Å². The number of hydrogen-bond acceptors (Lipinski definition) is 3. The Morgan fingerprint density at radius 2 is 2.10 bits per heavy atom. The lowest BCUT2D eigenvalue weighted by Crippen LogP contribution is -2.51. The van der Waals surface area contributed by atoms with E-state index in [1.165, 1.54) is 11.1 Å². The Hall–Kier alpha value is -1.39. The van der Waals surface area contributed by atoms with Crippen LogP contribution in [0.5, 0.6) is 0 Å². The van der Waals surface area contributed by atoms with E-state index >= 15 is 0 Å². The van der Waals surface area contributed by atoms with Crippen molar-refractivity contribution in [1.29, 1.82) is 0 Å². The molecule has 1 N–H and O–H groups in total. The van der Waals surface area contributed by atoms with Crippen LogP contribution in [0.25, 0.3) is 0 Å². The predicted molar refractivity (Wildman–Crippen MR) is 84.1 cm³/mol. The molecular weight excluding hydrogens is 264 g/mol. The van der Waals surface area contributed by atoms with Crippen LogP contribution in [0.3, 0.4) is 0 Å². The monoisotopic (exact) mass is 290 g/mol. The van der Waals surface area contributed by atoms with E-state index in [9.17, 15) is 4.79 Å². The van der Waals surface area contributed by atoms with Crippen LogP contribution in [0.4, 0.5) is 0 Å². The van der Waals surface area contributed by atoms with Crippen molar-refractivity contribution in [3.8, 4) is 0 Å². The molecule has 0 saturated heterocycles. The summed E-state index contributed by atoms with van der Waals surface area (Å²) >= 11 is 0. The minimum Gasteiger partial charge on any atom is -0.383 e. The number of carbonyl (C=O) groups is 1. The fraction of sp³-hybridized carbons (Fsp3) is 0.588. The lowest BCUT2D eigenvalue weighted by atomic mass is 9.95. The summed E-state index contributed by atoms with van der Waals surface area (Å²) in [4.78, 5) is 14.7. The molecule has 1 atom stereocenters. The van der Waals surface area contributed by atoms with Crippen molar-refractivity contribution in [3.05, 3.63) is 35.4 Å². The third-order valence-corrected chi connectivity index (χ3v) is 3.84. The van der Waals surface area contributed by atoms with Crippen LogP contribution in [0.2, 0.25) is 0 Å². The number of ether oxygens (including phenoxy) is 1. The molecule has 0 spiro atoms. The maximum Gasteiger partial charge on any atom is 0.240 e. The van der Waals surface area contributed by atoms with Crippen molar-refractivity contribution in [2.45, 2.75) is 32.9 Å². The van der Waals surface area contributed by atoms with Crippen LogP contribution in [-0.2, 0) is 22.5 Å². The van der Waals surface area contributed by atoms with Crippen molar-refractivity contribution in [2.75, 3.05) is 26.8 Å². The second-order valence-corrected chi connectivity index (χ2v) is 6.08. The second kappa shape index (κ2) is 7.57. The molecule has 1 aromatic rings. The molecular formula is C17H26N2O2.